The summed E-state index contributed by atoms with van der Waals surface area (Å²) in [4.78, 5) is 0.00732. The number of benzene rings is 1. The van der Waals surface area contributed by atoms with Crippen LogP contribution in [0.3, 0.4) is 0 Å². The Bertz CT molecular complexity index is 614. The molecule has 9 heteroatoms. The van der Waals surface area contributed by atoms with Crippen LogP contribution in [0.2, 0.25) is 5.02 Å². The molecule has 0 spiro atoms. The van der Waals surface area contributed by atoms with Crippen LogP contribution in [0.1, 0.15) is 33.1 Å². The van der Waals surface area contributed by atoms with Gasteiger partial charge in [0.25, 0.3) is 0 Å². The number of hydrogen-bond acceptors (Lipinski definition) is 5. The Balaban J connectivity index is 0.00000576. The van der Waals surface area contributed by atoms with Crippen LogP contribution in [0, 0.1) is 0 Å². The third kappa shape index (κ3) is 8.11. The second kappa shape index (κ2) is 11.9. The van der Waals surface area contributed by atoms with Gasteiger partial charge >= 0.3 is 0 Å². The van der Waals surface area contributed by atoms with Crippen molar-refractivity contribution in [1.82, 2.24) is 4.72 Å². The quantitative estimate of drug-likeness (QED) is 0.580. The molecule has 0 aliphatic rings. The van der Waals surface area contributed by atoms with E-state index in [1.807, 2.05) is 6.92 Å². The number of nitrogens with one attached hydrogen (secondary N) is 1. The number of rotatable bonds is 11. The first kappa shape index (κ1) is 24.4. The van der Waals surface area contributed by atoms with Gasteiger partial charge in [-0.3, -0.25) is 0 Å². The average Bonchev–Trinajstić information content (AvgIpc) is 2.53. The normalized spacial score (nSPS) is 13.8. The highest BCUT2D eigenvalue weighted by molar-refractivity contribution is 7.89. The standard InChI is InChI=1S/C16H27ClN2O4S.ClH/c1-4-5-6-14(10-18)19-24(20,21)16-9-13(17)7-8-15(16)23-12(2)11-22-3;/h7-9,12,14,19H,4-6,10-11,18H2,1-3H3;1H. The first-order valence-electron chi connectivity index (χ1n) is 8.01. The number of unbranched alkanes of at least 4 members (excludes halogenated alkanes) is 1. The lowest BCUT2D eigenvalue weighted by Crippen LogP contribution is -2.40. The molecule has 146 valence electrons. The summed E-state index contributed by atoms with van der Waals surface area (Å²) in [5.41, 5.74) is 5.69. The Labute approximate surface area is 161 Å². The van der Waals surface area contributed by atoms with E-state index in [4.69, 9.17) is 26.8 Å². The third-order valence-electron chi connectivity index (χ3n) is 3.44. The summed E-state index contributed by atoms with van der Waals surface area (Å²) in [6, 6.07) is 4.20. The minimum Gasteiger partial charge on any atom is -0.487 e. The van der Waals surface area contributed by atoms with Crippen molar-refractivity contribution in [2.75, 3.05) is 20.3 Å². The fourth-order valence-electron chi connectivity index (χ4n) is 2.23. The van der Waals surface area contributed by atoms with Gasteiger partial charge in [-0.1, -0.05) is 31.4 Å². The van der Waals surface area contributed by atoms with Crippen LogP contribution >= 0.6 is 24.0 Å². The van der Waals surface area contributed by atoms with Crippen molar-refractivity contribution in [3.05, 3.63) is 23.2 Å². The lowest BCUT2D eigenvalue weighted by atomic mass is 10.1. The maximum absolute atomic E-state index is 12.7. The molecule has 6 nitrogen and oxygen atoms in total. The predicted octanol–water partition coefficient (Wildman–Crippen LogP) is 2.97. The lowest BCUT2D eigenvalue weighted by Gasteiger charge is -2.20. The zero-order chi connectivity index (χ0) is 18.2. The van der Waals surface area contributed by atoms with E-state index in [1.165, 1.54) is 6.07 Å². The van der Waals surface area contributed by atoms with Gasteiger partial charge in [0.1, 0.15) is 16.7 Å². The molecule has 25 heavy (non-hydrogen) atoms. The van der Waals surface area contributed by atoms with Crippen LogP contribution in [0.25, 0.3) is 0 Å². The van der Waals surface area contributed by atoms with Gasteiger partial charge in [0, 0.05) is 24.7 Å². The molecule has 0 fully saturated rings. The minimum absolute atomic E-state index is 0. The molecule has 0 amide bonds. The largest absolute Gasteiger partial charge is 0.487 e. The van der Waals surface area contributed by atoms with Crippen LogP contribution < -0.4 is 15.2 Å². The minimum atomic E-state index is -3.80. The summed E-state index contributed by atoms with van der Waals surface area (Å²) in [6.07, 6.45) is 2.26. The van der Waals surface area contributed by atoms with Crippen molar-refractivity contribution in [3.63, 3.8) is 0 Å². The van der Waals surface area contributed by atoms with E-state index in [0.29, 0.717) is 18.1 Å². The smallest absolute Gasteiger partial charge is 0.244 e. The SMILES string of the molecule is CCCCC(CN)NS(=O)(=O)c1cc(Cl)ccc1OC(C)COC.Cl. The number of halogens is 2. The highest BCUT2D eigenvalue weighted by atomic mass is 35.5. The molecule has 3 N–H and O–H groups in total. The third-order valence-corrected chi connectivity index (χ3v) is 5.21. The van der Waals surface area contributed by atoms with Crippen LogP contribution in [0.4, 0.5) is 0 Å². The molecule has 2 unspecified atom stereocenters. The number of nitrogens with two attached hydrogens (primary N) is 1. The summed E-state index contributed by atoms with van der Waals surface area (Å²) < 4.78 is 38.8. The van der Waals surface area contributed by atoms with Crippen molar-refractivity contribution in [2.45, 2.75) is 50.2 Å². The fourth-order valence-corrected chi connectivity index (χ4v) is 3.91. The Hall–Kier alpha value is -0.570. The van der Waals surface area contributed by atoms with E-state index in [2.05, 4.69) is 4.72 Å². The predicted molar refractivity (Wildman–Crippen MR) is 103 cm³/mol. The summed E-state index contributed by atoms with van der Waals surface area (Å²) in [6.45, 7) is 4.42. The van der Waals surface area contributed by atoms with Crippen molar-refractivity contribution in [1.29, 1.82) is 0 Å². The summed E-state index contributed by atoms with van der Waals surface area (Å²) in [5.74, 6) is 0.239. The highest BCUT2D eigenvalue weighted by Crippen LogP contribution is 2.28. The number of sulfonamides is 1. The molecule has 1 aromatic rings. The zero-order valence-corrected chi connectivity index (χ0v) is 17.2. The monoisotopic (exact) mass is 414 g/mol. The summed E-state index contributed by atoms with van der Waals surface area (Å²) in [7, 11) is -2.24. The Kier molecular flexibility index (Phi) is 11.7. The fraction of sp³-hybridized carbons (Fsp3) is 0.625. The van der Waals surface area contributed by atoms with Crippen molar-refractivity contribution >= 4 is 34.0 Å². The van der Waals surface area contributed by atoms with Crippen molar-refractivity contribution < 1.29 is 17.9 Å². The van der Waals surface area contributed by atoms with E-state index >= 15 is 0 Å². The second-order valence-corrected chi connectivity index (χ2v) is 7.79. The number of ether oxygens (including phenoxy) is 2. The van der Waals surface area contributed by atoms with Crippen molar-refractivity contribution in [2.24, 2.45) is 5.73 Å². The van der Waals surface area contributed by atoms with Crippen molar-refractivity contribution in [3.8, 4) is 5.75 Å². The van der Waals surface area contributed by atoms with Gasteiger partial charge in [0.15, 0.2) is 0 Å². The van der Waals surface area contributed by atoms with Gasteiger partial charge in [-0.25, -0.2) is 13.1 Å². The zero-order valence-electron chi connectivity index (χ0n) is 14.8. The van der Waals surface area contributed by atoms with E-state index in [-0.39, 0.29) is 41.7 Å². The molecular weight excluding hydrogens is 387 g/mol. The first-order chi connectivity index (χ1) is 11.3. The van der Waals surface area contributed by atoms with Gasteiger partial charge in [0.2, 0.25) is 10.0 Å². The maximum atomic E-state index is 12.7. The van der Waals surface area contributed by atoms with E-state index in [0.717, 1.165) is 12.8 Å². The highest BCUT2D eigenvalue weighted by Gasteiger charge is 2.24. The van der Waals surface area contributed by atoms with Gasteiger partial charge in [-0.2, -0.15) is 0 Å². The van der Waals surface area contributed by atoms with E-state index < -0.39 is 10.0 Å². The lowest BCUT2D eigenvalue weighted by molar-refractivity contribution is 0.0901. The number of hydrogen-bond donors (Lipinski definition) is 2. The Morgan fingerprint density at radius 3 is 2.60 bits per heavy atom. The maximum Gasteiger partial charge on any atom is 0.244 e. The van der Waals surface area contributed by atoms with Crippen LogP contribution in [-0.2, 0) is 14.8 Å². The summed E-state index contributed by atoms with van der Waals surface area (Å²) in [5, 5.41) is 0.319. The molecule has 0 radical (unpaired) electrons. The first-order valence-corrected chi connectivity index (χ1v) is 9.87. The number of methoxy groups -OCH3 is 1. The molecule has 2 atom stereocenters. The van der Waals surface area contributed by atoms with Gasteiger partial charge in [0.05, 0.1) is 6.61 Å². The molecule has 1 rings (SSSR count). The molecule has 0 aliphatic heterocycles. The summed E-state index contributed by atoms with van der Waals surface area (Å²) >= 11 is 5.98. The average molecular weight is 415 g/mol. The second-order valence-electron chi connectivity index (χ2n) is 5.67. The van der Waals surface area contributed by atoms with Gasteiger partial charge in [-0.05, 0) is 31.5 Å². The van der Waals surface area contributed by atoms with Gasteiger partial charge in [-0.15, -0.1) is 12.4 Å². The van der Waals surface area contributed by atoms with Crippen LogP contribution in [0.5, 0.6) is 5.75 Å². The van der Waals surface area contributed by atoms with E-state index in [9.17, 15) is 8.42 Å². The Morgan fingerprint density at radius 2 is 2.04 bits per heavy atom. The molecule has 0 saturated carbocycles. The van der Waals surface area contributed by atoms with Crippen LogP contribution in [-0.4, -0.2) is 40.8 Å². The topological polar surface area (TPSA) is 90.7 Å². The molecule has 0 aliphatic carbocycles. The molecular formula is C16H28Cl2N2O4S. The Morgan fingerprint density at radius 1 is 1.36 bits per heavy atom. The molecule has 0 bridgehead atoms. The van der Waals surface area contributed by atoms with E-state index in [1.54, 1.807) is 26.2 Å². The molecule has 0 saturated heterocycles. The molecule has 0 aromatic heterocycles. The molecule has 0 heterocycles. The molecule has 1 aromatic carbocycles. The van der Waals surface area contributed by atoms with Gasteiger partial charge < -0.3 is 15.2 Å². The van der Waals surface area contributed by atoms with Crippen LogP contribution in [0.15, 0.2) is 23.1 Å².